The maximum atomic E-state index is 12.8. The number of hydrogen-bond acceptors (Lipinski definition) is 9. The number of ether oxygens (including phenoxy) is 4. The topological polar surface area (TPSA) is 147 Å². The van der Waals surface area contributed by atoms with Crippen LogP contribution in [0.3, 0.4) is 0 Å². The van der Waals surface area contributed by atoms with Crippen molar-refractivity contribution in [2.45, 2.75) is 33.3 Å². The average Bonchev–Trinajstić information content (AvgIpc) is 2.82. The first-order valence-electron chi connectivity index (χ1n) is 10.7. The molecule has 0 spiro atoms. The first-order valence-corrected chi connectivity index (χ1v) is 10.7. The minimum Gasteiger partial charge on any atom is -0.496 e. The van der Waals surface area contributed by atoms with Crippen LogP contribution in [0.25, 0.3) is 0 Å². The Hall–Kier alpha value is -4.52. The van der Waals surface area contributed by atoms with Gasteiger partial charge in [0.1, 0.15) is 35.5 Å². The van der Waals surface area contributed by atoms with Gasteiger partial charge in [-0.3, -0.25) is 10.1 Å². The number of esters is 1. The second-order valence-corrected chi connectivity index (χ2v) is 7.68. The minimum absolute atomic E-state index is 0.00138. The molecule has 0 saturated carbocycles. The molecule has 10 nitrogen and oxygen atoms in total. The van der Waals surface area contributed by atoms with Crippen molar-refractivity contribution in [3.63, 3.8) is 0 Å². The Morgan fingerprint density at radius 3 is 2.60 bits per heavy atom. The van der Waals surface area contributed by atoms with Crippen LogP contribution < -0.4 is 15.2 Å². The molecule has 0 amide bonds. The third kappa shape index (κ3) is 5.19. The van der Waals surface area contributed by atoms with Crippen molar-refractivity contribution in [2.75, 3.05) is 13.7 Å². The number of aryl methyl sites for hydroxylation is 1. The zero-order chi connectivity index (χ0) is 25.7. The fourth-order valence-electron chi connectivity index (χ4n) is 3.86. The number of methoxy groups -OCH3 is 1. The van der Waals surface area contributed by atoms with Crippen LogP contribution in [0.2, 0.25) is 0 Å². The van der Waals surface area contributed by atoms with Crippen LogP contribution in [-0.4, -0.2) is 24.6 Å². The molecule has 0 bridgehead atoms. The van der Waals surface area contributed by atoms with E-state index < -0.39 is 16.8 Å². The highest BCUT2D eigenvalue weighted by atomic mass is 16.6. The molecule has 1 unspecified atom stereocenters. The van der Waals surface area contributed by atoms with Crippen molar-refractivity contribution in [2.24, 2.45) is 5.73 Å². The lowest BCUT2D eigenvalue weighted by atomic mass is 9.82. The van der Waals surface area contributed by atoms with Crippen molar-refractivity contribution in [3.05, 3.63) is 86.0 Å². The Bertz CT molecular complexity index is 1270. The molecule has 0 fully saturated rings. The summed E-state index contributed by atoms with van der Waals surface area (Å²) in [6.45, 7) is 5.12. The summed E-state index contributed by atoms with van der Waals surface area (Å²) in [7, 11) is 1.51. The number of nitrogens with two attached hydrogens (primary N) is 1. The molecule has 2 aromatic rings. The third-order valence-corrected chi connectivity index (χ3v) is 5.50. The van der Waals surface area contributed by atoms with E-state index in [1.807, 2.05) is 6.07 Å². The number of nitro groups is 1. The molecule has 1 heterocycles. The fourth-order valence-corrected chi connectivity index (χ4v) is 3.86. The van der Waals surface area contributed by atoms with E-state index in [-0.39, 0.29) is 41.7 Å². The van der Waals surface area contributed by atoms with Crippen LogP contribution in [0, 0.1) is 28.4 Å². The molecule has 0 radical (unpaired) electrons. The second-order valence-electron chi connectivity index (χ2n) is 7.68. The number of nitro benzene ring substituents is 1. The predicted molar refractivity (Wildman–Crippen MR) is 125 cm³/mol. The van der Waals surface area contributed by atoms with Crippen LogP contribution in [-0.2, 0) is 20.9 Å². The maximum absolute atomic E-state index is 12.8. The molecule has 3 rings (SSSR count). The summed E-state index contributed by atoms with van der Waals surface area (Å²) in [5.74, 6) is -0.285. The fraction of sp³-hybridized carbons (Fsp3) is 0.280. The Labute approximate surface area is 202 Å². The summed E-state index contributed by atoms with van der Waals surface area (Å²) in [5, 5.41) is 20.8. The lowest BCUT2D eigenvalue weighted by Gasteiger charge is -2.27. The van der Waals surface area contributed by atoms with Crippen LogP contribution in [0.15, 0.2) is 59.2 Å². The van der Waals surface area contributed by atoms with Gasteiger partial charge < -0.3 is 24.7 Å². The van der Waals surface area contributed by atoms with Gasteiger partial charge in [-0.2, -0.15) is 5.26 Å². The highest BCUT2D eigenvalue weighted by molar-refractivity contribution is 5.92. The first-order chi connectivity index (χ1) is 16.7. The molecule has 1 aliphatic rings. The summed E-state index contributed by atoms with van der Waals surface area (Å²) < 4.78 is 22.0. The number of allylic oxidation sites excluding steroid dienone is 2. The Morgan fingerprint density at radius 1 is 1.26 bits per heavy atom. The van der Waals surface area contributed by atoms with Crippen molar-refractivity contribution in [3.8, 4) is 17.6 Å². The number of nitrogens with zero attached hydrogens (tertiary/aromatic N) is 2. The van der Waals surface area contributed by atoms with E-state index in [9.17, 15) is 20.2 Å². The van der Waals surface area contributed by atoms with Gasteiger partial charge in [-0.15, -0.1) is 0 Å². The Morgan fingerprint density at radius 2 is 2.00 bits per heavy atom. The van der Waals surface area contributed by atoms with Crippen LogP contribution in [0.4, 0.5) is 5.69 Å². The molecule has 0 aliphatic carbocycles. The molecule has 2 N–H and O–H groups in total. The normalized spacial score (nSPS) is 15.2. The van der Waals surface area contributed by atoms with E-state index in [1.165, 1.54) is 19.2 Å². The molecule has 1 atom stereocenters. The molecule has 182 valence electrons. The predicted octanol–water partition coefficient (Wildman–Crippen LogP) is 4.14. The number of hydrogen-bond donors (Lipinski definition) is 1. The third-order valence-electron chi connectivity index (χ3n) is 5.50. The molecule has 10 heteroatoms. The maximum Gasteiger partial charge on any atom is 0.338 e. The van der Waals surface area contributed by atoms with E-state index in [0.717, 1.165) is 0 Å². The van der Waals surface area contributed by atoms with Crippen molar-refractivity contribution >= 4 is 11.7 Å². The average molecular weight is 479 g/mol. The van der Waals surface area contributed by atoms with Gasteiger partial charge in [0.2, 0.25) is 5.88 Å². The van der Waals surface area contributed by atoms with Gasteiger partial charge in [0.05, 0.1) is 30.1 Å². The van der Waals surface area contributed by atoms with Gasteiger partial charge in [-0.1, -0.05) is 6.07 Å². The highest BCUT2D eigenvalue weighted by Crippen LogP contribution is 2.41. The second kappa shape index (κ2) is 10.6. The summed E-state index contributed by atoms with van der Waals surface area (Å²) in [4.78, 5) is 23.4. The smallest absolute Gasteiger partial charge is 0.338 e. The van der Waals surface area contributed by atoms with Gasteiger partial charge in [0.25, 0.3) is 5.69 Å². The molecule has 1 aliphatic heterocycles. The lowest BCUT2D eigenvalue weighted by molar-refractivity contribution is -0.385. The first kappa shape index (κ1) is 25.1. The van der Waals surface area contributed by atoms with E-state index in [4.69, 9.17) is 24.7 Å². The molecular formula is C25H25N3O7. The summed E-state index contributed by atoms with van der Waals surface area (Å²) >= 11 is 0. The summed E-state index contributed by atoms with van der Waals surface area (Å²) in [5.41, 5.74) is 7.92. The summed E-state index contributed by atoms with van der Waals surface area (Å²) in [6.07, 6.45) is 0. The van der Waals surface area contributed by atoms with E-state index >= 15 is 0 Å². The largest absolute Gasteiger partial charge is 0.496 e. The van der Waals surface area contributed by atoms with Gasteiger partial charge in [0, 0.05) is 17.2 Å². The summed E-state index contributed by atoms with van der Waals surface area (Å²) in [6, 6.07) is 11.7. The molecule has 0 aromatic heterocycles. The van der Waals surface area contributed by atoms with Crippen LogP contribution in [0.1, 0.15) is 36.5 Å². The lowest BCUT2D eigenvalue weighted by Crippen LogP contribution is -2.25. The number of nitriles is 1. The number of carbonyl (C=O) groups is 1. The number of benzene rings is 2. The SMILES string of the molecule is CCOC(=O)C1=C(C)OC(N)=C(C#N)C1c1ccc(OC)c(COc2ccc([N+](=O)[O-])c(C)c2)c1. The van der Waals surface area contributed by atoms with E-state index in [2.05, 4.69) is 0 Å². The zero-order valence-electron chi connectivity index (χ0n) is 19.8. The molecule has 2 aromatic carbocycles. The quantitative estimate of drug-likeness (QED) is 0.335. The van der Waals surface area contributed by atoms with Crippen molar-refractivity contribution in [1.82, 2.24) is 0 Å². The minimum atomic E-state index is -0.806. The monoisotopic (exact) mass is 479 g/mol. The van der Waals surface area contributed by atoms with Crippen LogP contribution in [0.5, 0.6) is 11.5 Å². The van der Waals surface area contributed by atoms with Crippen molar-refractivity contribution < 1.29 is 28.7 Å². The number of carbonyl (C=O) groups excluding carboxylic acids is 1. The van der Waals surface area contributed by atoms with Gasteiger partial charge in [-0.05, 0) is 50.6 Å². The van der Waals surface area contributed by atoms with Crippen molar-refractivity contribution in [1.29, 1.82) is 5.26 Å². The Balaban J connectivity index is 2.00. The molecule has 0 saturated heterocycles. The van der Waals surface area contributed by atoms with Gasteiger partial charge >= 0.3 is 5.97 Å². The Kier molecular flexibility index (Phi) is 7.61. The number of rotatable bonds is 8. The van der Waals surface area contributed by atoms with Gasteiger partial charge in [-0.25, -0.2) is 4.79 Å². The standard InChI is InChI=1S/C25H25N3O7/c1-5-33-25(29)22-15(3)35-24(27)19(12-26)23(22)16-6-9-21(32-4)17(11-16)13-34-18-7-8-20(28(30)31)14(2)10-18/h6-11,23H,5,13,27H2,1-4H3. The zero-order valence-corrected chi connectivity index (χ0v) is 19.8. The van der Waals surface area contributed by atoms with E-state index in [0.29, 0.717) is 28.2 Å². The van der Waals surface area contributed by atoms with Gasteiger partial charge in [0.15, 0.2) is 0 Å². The highest BCUT2D eigenvalue weighted by Gasteiger charge is 2.36. The van der Waals surface area contributed by atoms with E-state index in [1.54, 1.807) is 45.0 Å². The van der Waals surface area contributed by atoms with Crippen LogP contribution >= 0.6 is 0 Å². The molecule has 35 heavy (non-hydrogen) atoms. The molecular weight excluding hydrogens is 454 g/mol.